The minimum Gasteiger partial charge on any atom is -0.195 e. The van der Waals surface area contributed by atoms with Crippen molar-refractivity contribution in [1.29, 1.82) is 0 Å². The van der Waals surface area contributed by atoms with Crippen LogP contribution in [0.2, 0.25) is 0 Å². The summed E-state index contributed by atoms with van der Waals surface area (Å²) in [7, 11) is -3.42. The zero-order valence-corrected chi connectivity index (χ0v) is 13.9. The highest BCUT2D eigenvalue weighted by molar-refractivity contribution is 7.87. The van der Waals surface area contributed by atoms with Crippen molar-refractivity contribution in [3.05, 3.63) is 58.3 Å². The first-order valence-corrected chi connectivity index (χ1v) is 9.82. The molecule has 2 heterocycles. The Balaban J connectivity index is 1.80. The van der Waals surface area contributed by atoms with E-state index in [1.807, 2.05) is 47.8 Å². The van der Waals surface area contributed by atoms with Gasteiger partial charge in [-0.3, -0.25) is 0 Å². The number of thiophene rings is 1. The smallest absolute Gasteiger partial charge is 0.195 e. The lowest BCUT2D eigenvalue weighted by Crippen LogP contribution is -2.41. The third-order valence-corrected chi connectivity index (χ3v) is 6.48. The van der Waals surface area contributed by atoms with Gasteiger partial charge in [0.05, 0.1) is 6.04 Å². The molecule has 0 radical (unpaired) electrons. The normalized spacial score (nSPS) is 17.6. The molecule has 1 aliphatic heterocycles. The van der Waals surface area contributed by atoms with Gasteiger partial charge in [-0.25, -0.2) is 0 Å². The van der Waals surface area contributed by atoms with Crippen LogP contribution in [0.15, 0.2) is 47.8 Å². The lowest BCUT2D eigenvalue weighted by molar-refractivity contribution is 0.453. The Kier molecular flexibility index (Phi) is 4.93. The van der Waals surface area contributed by atoms with E-state index in [1.54, 1.807) is 15.6 Å². The van der Waals surface area contributed by atoms with Crippen molar-refractivity contribution in [2.24, 2.45) is 0 Å². The molecular formula is C16H20N2O2S2. The van der Waals surface area contributed by atoms with Gasteiger partial charge >= 0.3 is 0 Å². The molecule has 2 aromatic rings. The Bertz CT molecular complexity index is 678. The molecule has 4 nitrogen and oxygen atoms in total. The van der Waals surface area contributed by atoms with E-state index in [1.165, 1.54) is 0 Å². The average Bonchev–Trinajstić information content (AvgIpc) is 3.21. The van der Waals surface area contributed by atoms with Crippen molar-refractivity contribution < 1.29 is 8.42 Å². The van der Waals surface area contributed by atoms with Gasteiger partial charge in [-0.2, -0.15) is 17.4 Å². The zero-order valence-electron chi connectivity index (χ0n) is 12.3. The van der Waals surface area contributed by atoms with Crippen LogP contribution >= 0.6 is 11.3 Å². The first kappa shape index (κ1) is 15.7. The predicted molar refractivity (Wildman–Crippen MR) is 90.1 cm³/mol. The molecular weight excluding hydrogens is 316 g/mol. The van der Waals surface area contributed by atoms with E-state index in [0.717, 1.165) is 23.3 Å². The topological polar surface area (TPSA) is 49.4 Å². The zero-order chi connectivity index (χ0) is 15.4. The van der Waals surface area contributed by atoms with E-state index in [2.05, 4.69) is 4.72 Å². The minimum atomic E-state index is -3.42. The molecule has 1 aromatic carbocycles. The highest BCUT2D eigenvalue weighted by Crippen LogP contribution is 2.25. The lowest BCUT2D eigenvalue weighted by Gasteiger charge is -2.22. The maximum absolute atomic E-state index is 12.5. The van der Waals surface area contributed by atoms with Crippen LogP contribution in [0, 0.1) is 0 Å². The van der Waals surface area contributed by atoms with Gasteiger partial charge in [-0.1, -0.05) is 36.4 Å². The second-order valence-electron chi connectivity index (χ2n) is 5.49. The van der Waals surface area contributed by atoms with Crippen molar-refractivity contribution in [3.63, 3.8) is 0 Å². The van der Waals surface area contributed by atoms with Gasteiger partial charge in [0.25, 0.3) is 10.2 Å². The van der Waals surface area contributed by atoms with Gasteiger partial charge in [0.1, 0.15) is 0 Å². The standard InChI is InChI=1S/C16H20N2O2S2/c19-22(20,18-10-4-5-11-18)17-15(16-9-6-12-21-16)13-14-7-2-1-3-8-14/h1-3,6-9,12,15,17H,4-5,10-11,13H2. The number of hydrogen-bond acceptors (Lipinski definition) is 3. The molecule has 0 amide bonds. The number of rotatable bonds is 6. The summed E-state index contributed by atoms with van der Waals surface area (Å²) in [5.41, 5.74) is 1.13. The summed E-state index contributed by atoms with van der Waals surface area (Å²) in [5.74, 6) is 0. The maximum Gasteiger partial charge on any atom is 0.280 e. The molecule has 3 rings (SSSR count). The van der Waals surface area contributed by atoms with Crippen LogP contribution in [0.3, 0.4) is 0 Å². The molecule has 1 saturated heterocycles. The monoisotopic (exact) mass is 336 g/mol. The Labute approximate surface area is 136 Å². The fourth-order valence-corrected chi connectivity index (χ4v) is 5.03. The van der Waals surface area contributed by atoms with Crippen LogP contribution in [0.25, 0.3) is 0 Å². The quantitative estimate of drug-likeness (QED) is 0.882. The molecule has 0 spiro atoms. The summed E-state index contributed by atoms with van der Waals surface area (Å²) in [5, 5.41) is 1.98. The molecule has 118 valence electrons. The van der Waals surface area contributed by atoms with Crippen LogP contribution in [0.1, 0.15) is 29.3 Å². The van der Waals surface area contributed by atoms with Crippen molar-refractivity contribution in [1.82, 2.24) is 9.03 Å². The largest absolute Gasteiger partial charge is 0.280 e. The van der Waals surface area contributed by atoms with Crippen LogP contribution in [-0.2, 0) is 16.6 Å². The molecule has 6 heteroatoms. The van der Waals surface area contributed by atoms with Crippen LogP contribution in [-0.4, -0.2) is 25.8 Å². The Hall–Kier alpha value is -1.21. The number of nitrogens with zero attached hydrogens (tertiary/aromatic N) is 1. The van der Waals surface area contributed by atoms with Crippen molar-refractivity contribution in [2.45, 2.75) is 25.3 Å². The van der Waals surface area contributed by atoms with Crippen LogP contribution in [0.5, 0.6) is 0 Å². The van der Waals surface area contributed by atoms with E-state index >= 15 is 0 Å². The third-order valence-electron chi connectivity index (χ3n) is 3.87. The molecule has 1 aliphatic rings. The molecule has 0 bridgehead atoms. The highest BCUT2D eigenvalue weighted by Gasteiger charge is 2.28. The SMILES string of the molecule is O=S(=O)(NC(Cc1ccccc1)c1cccs1)N1CCCC1. The van der Waals surface area contributed by atoms with Gasteiger partial charge in [0.15, 0.2) is 0 Å². The van der Waals surface area contributed by atoms with Crippen LogP contribution in [0.4, 0.5) is 0 Å². The van der Waals surface area contributed by atoms with E-state index in [9.17, 15) is 8.42 Å². The van der Waals surface area contributed by atoms with Crippen LogP contribution < -0.4 is 4.72 Å². The molecule has 1 fully saturated rings. The van der Waals surface area contributed by atoms with Gasteiger partial charge in [-0.15, -0.1) is 11.3 Å². The summed E-state index contributed by atoms with van der Waals surface area (Å²) in [6, 6.07) is 13.7. The molecule has 22 heavy (non-hydrogen) atoms. The second kappa shape index (κ2) is 6.91. The molecule has 0 aliphatic carbocycles. The van der Waals surface area contributed by atoms with Gasteiger partial charge in [-0.05, 0) is 36.3 Å². The fourth-order valence-electron chi connectivity index (χ4n) is 2.72. The highest BCUT2D eigenvalue weighted by atomic mass is 32.2. The summed E-state index contributed by atoms with van der Waals surface area (Å²) in [6.45, 7) is 1.25. The van der Waals surface area contributed by atoms with Crippen molar-refractivity contribution in [2.75, 3.05) is 13.1 Å². The summed E-state index contributed by atoms with van der Waals surface area (Å²) < 4.78 is 29.5. The van der Waals surface area contributed by atoms with E-state index in [0.29, 0.717) is 19.5 Å². The second-order valence-corrected chi connectivity index (χ2v) is 8.17. The van der Waals surface area contributed by atoms with Gasteiger partial charge < -0.3 is 0 Å². The van der Waals surface area contributed by atoms with Crippen molar-refractivity contribution >= 4 is 21.5 Å². The predicted octanol–water partition coefficient (Wildman–Crippen LogP) is 2.96. The molecule has 1 atom stereocenters. The van der Waals surface area contributed by atoms with Gasteiger partial charge in [0, 0.05) is 18.0 Å². The number of hydrogen-bond donors (Lipinski definition) is 1. The summed E-state index contributed by atoms with van der Waals surface area (Å²) >= 11 is 1.59. The number of benzene rings is 1. The third kappa shape index (κ3) is 3.76. The summed E-state index contributed by atoms with van der Waals surface area (Å²) in [6.07, 6.45) is 2.56. The first-order valence-electron chi connectivity index (χ1n) is 7.50. The molecule has 0 saturated carbocycles. The Morgan fingerprint density at radius 2 is 1.82 bits per heavy atom. The summed E-state index contributed by atoms with van der Waals surface area (Å²) in [4.78, 5) is 1.05. The van der Waals surface area contributed by atoms with Gasteiger partial charge in [0.2, 0.25) is 0 Å². The first-order chi connectivity index (χ1) is 10.6. The maximum atomic E-state index is 12.5. The Morgan fingerprint density at radius 3 is 2.45 bits per heavy atom. The molecule has 1 N–H and O–H groups in total. The van der Waals surface area contributed by atoms with Crippen molar-refractivity contribution in [3.8, 4) is 0 Å². The lowest BCUT2D eigenvalue weighted by atomic mass is 10.1. The fraction of sp³-hybridized carbons (Fsp3) is 0.375. The molecule has 1 aromatic heterocycles. The number of nitrogens with one attached hydrogen (secondary N) is 1. The van der Waals surface area contributed by atoms with E-state index < -0.39 is 10.2 Å². The minimum absolute atomic E-state index is 0.215. The van der Waals surface area contributed by atoms with E-state index in [-0.39, 0.29) is 6.04 Å². The molecule has 1 unspecified atom stereocenters. The average molecular weight is 336 g/mol. The van der Waals surface area contributed by atoms with E-state index in [4.69, 9.17) is 0 Å². The Morgan fingerprint density at radius 1 is 1.09 bits per heavy atom.